The van der Waals surface area contributed by atoms with Crippen molar-refractivity contribution in [3.05, 3.63) is 47.6 Å². The molecule has 6 nitrogen and oxygen atoms in total. The van der Waals surface area contributed by atoms with Crippen LogP contribution in [0.1, 0.15) is 48.3 Å². The van der Waals surface area contributed by atoms with Crippen molar-refractivity contribution >= 4 is 11.7 Å². The number of hydrogen-bond donors (Lipinski definition) is 0. The monoisotopic (exact) mass is 315 g/mol. The molecule has 0 bridgehead atoms. The number of benzene rings is 1. The lowest BCUT2D eigenvalue weighted by Crippen LogP contribution is -2.26. The highest BCUT2D eigenvalue weighted by atomic mass is 16.5. The molecule has 1 aromatic heterocycles. The molecule has 0 saturated heterocycles. The van der Waals surface area contributed by atoms with Gasteiger partial charge in [-0.1, -0.05) is 42.4 Å². The van der Waals surface area contributed by atoms with E-state index < -0.39 is 0 Å². The van der Waals surface area contributed by atoms with Crippen LogP contribution in [0.5, 0.6) is 0 Å². The Labute approximate surface area is 135 Å². The van der Waals surface area contributed by atoms with Crippen LogP contribution in [0.25, 0.3) is 0 Å². The molecule has 2 aromatic rings. The Kier molecular flexibility index (Phi) is 6.02. The van der Waals surface area contributed by atoms with E-state index in [2.05, 4.69) is 10.1 Å². The molecule has 23 heavy (non-hydrogen) atoms. The van der Waals surface area contributed by atoms with Gasteiger partial charge in [0.05, 0.1) is 6.54 Å². The van der Waals surface area contributed by atoms with Gasteiger partial charge in [-0.05, 0) is 6.42 Å². The second kappa shape index (κ2) is 8.22. The van der Waals surface area contributed by atoms with Crippen LogP contribution < -0.4 is 0 Å². The first-order valence-electron chi connectivity index (χ1n) is 7.73. The van der Waals surface area contributed by atoms with E-state index in [9.17, 15) is 9.59 Å². The number of carbonyl (C=O) groups excluding carboxylic acids is 2. The van der Waals surface area contributed by atoms with Crippen LogP contribution in [-0.4, -0.2) is 33.8 Å². The normalized spacial score (nSPS) is 10.5. The SMILES string of the molecule is CCc1nc(CN(C)C(=O)CCCC(=O)c2ccccc2)no1. The van der Waals surface area contributed by atoms with Crippen LogP contribution in [-0.2, 0) is 17.8 Å². The summed E-state index contributed by atoms with van der Waals surface area (Å²) in [5.41, 5.74) is 0.687. The van der Waals surface area contributed by atoms with Gasteiger partial charge in [-0.15, -0.1) is 0 Å². The Hall–Kier alpha value is -2.50. The van der Waals surface area contributed by atoms with Crippen molar-refractivity contribution in [3.8, 4) is 0 Å². The van der Waals surface area contributed by atoms with Gasteiger partial charge < -0.3 is 9.42 Å². The lowest BCUT2D eigenvalue weighted by atomic mass is 10.1. The van der Waals surface area contributed by atoms with Crippen molar-refractivity contribution in [1.29, 1.82) is 0 Å². The standard InChI is InChI=1S/C17H21N3O3/c1-3-16-18-15(19-23-16)12-20(2)17(22)11-7-10-14(21)13-8-5-4-6-9-13/h4-6,8-9H,3,7,10-12H2,1-2H3. The minimum absolute atomic E-state index is 0.0336. The van der Waals surface area contributed by atoms with Gasteiger partial charge in [0.15, 0.2) is 11.6 Å². The van der Waals surface area contributed by atoms with Gasteiger partial charge >= 0.3 is 0 Å². The van der Waals surface area contributed by atoms with Crippen molar-refractivity contribution in [2.75, 3.05) is 7.05 Å². The number of nitrogens with zero attached hydrogens (tertiary/aromatic N) is 3. The first-order chi connectivity index (χ1) is 11.1. The maximum atomic E-state index is 12.1. The number of hydrogen-bond acceptors (Lipinski definition) is 5. The van der Waals surface area contributed by atoms with Gasteiger partial charge in [0.1, 0.15) is 0 Å². The summed E-state index contributed by atoms with van der Waals surface area (Å²) >= 11 is 0. The first-order valence-corrected chi connectivity index (χ1v) is 7.73. The molecule has 1 aromatic carbocycles. The van der Waals surface area contributed by atoms with Crippen LogP contribution in [0.2, 0.25) is 0 Å². The average Bonchev–Trinajstić information content (AvgIpc) is 3.03. The molecular weight excluding hydrogens is 294 g/mol. The molecule has 2 rings (SSSR count). The van der Waals surface area contributed by atoms with E-state index in [4.69, 9.17) is 4.52 Å². The Bertz CT molecular complexity index is 652. The van der Waals surface area contributed by atoms with E-state index in [1.807, 2.05) is 25.1 Å². The molecule has 0 aliphatic rings. The van der Waals surface area contributed by atoms with E-state index in [-0.39, 0.29) is 11.7 Å². The molecule has 0 fully saturated rings. The number of ketones is 1. The Morgan fingerprint density at radius 2 is 1.91 bits per heavy atom. The first kappa shape index (κ1) is 16.9. The average molecular weight is 315 g/mol. The molecule has 0 unspecified atom stereocenters. The third-order valence-electron chi connectivity index (χ3n) is 3.51. The fourth-order valence-electron chi connectivity index (χ4n) is 2.16. The van der Waals surface area contributed by atoms with Gasteiger partial charge in [0, 0.05) is 31.9 Å². The molecule has 1 heterocycles. The third kappa shape index (κ3) is 5.02. The highest BCUT2D eigenvalue weighted by Gasteiger charge is 2.14. The van der Waals surface area contributed by atoms with E-state index in [1.165, 1.54) is 0 Å². The minimum atomic E-state index is -0.0336. The fraction of sp³-hybridized carbons (Fsp3) is 0.412. The molecule has 0 saturated carbocycles. The smallest absolute Gasteiger partial charge is 0.226 e. The molecular formula is C17H21N3O3. The summed E-state index contributed by atoms with van der Waals surface area (Å²) in [5.74, 6) is 1.09. The summed E-state index contributed by atoms with van der Waals surface area (Å²) in [6.45, 7) is 2.24. The molecule has 6 heteroatoms. The van der Waals surface area contributed by atoms with Crippen LogP contribution in [0.15, 0.2) is 34.9 Å². The highest BCUT2D eigenvalue weighted by Crippen LogP contribution is 2.09. The summed E-state index contributed by atoms with van der Waals surface area (Å²) in [5, 5.41) is 3.82. The number of amides is 1. The molecule has 0 spiro atoms. The van der Waals surface area contributed by atoms with E-state index in [0.717, 1.165) is 0 Å². The van der Waals surface area contributed by atoms with Gasteiger partial charge in [-0.3, -0.25) is 9.59 Å². The lowest BCUT2D eigenvalue weighted by Gasteiger charge is -2.14. The van der Waals surface area contributed by atoms with Crippen molar-refractivity contribution in [2.45, 2.75) is 39.2 Å². The number of aryl methyl sites for hydroxylation is 1. The van der Waals surface area contributed by atoms with E-state index in [1.54, 1.807) is 24.1 Å². The summed E-state index contributed by atoms with van der Waals surface area (Å²) in [6, 6.07) is 9.12. The van der Waals surface area contributed by atoms with E-state index in [0.29, 0.717) is 49.5 Å². The largest absolute Gasteiger partial charge is 0.339 e. The van der Waals surface area contributed by atoms with Crippen LogP contribution in [0, 0.1) is 0 Å². The number of carbonyl (C=O) groups is 2. The zero-order chi connectivity index (χ0) is 16.7. The van der Waals surface area contributed by atoms with Crippen LogP contribution in [0.3, 0.4) is 0 Å². The zero-order valence-corrected chi connectivity index (χ0v) is 13.5. The summed E-state index contributed by atoms with van der Waals surface area (Å²) in [7, 11) is 1.70. The predicted molar refractivity (Wildman–Crippen MR) is 84.8 cm³/mol. The number of Topliss-reactive ketones (excluding diaryl/α,β-unsaturated/α-hetero) is 1. The molecule has 0 N–H and O–H groups in total. The summed E-state index contributed by atoms with van der Waals surface area (Å²) in [6.07, 6.45) is 1.90. The van der Waals surface area contributed by atoms with Gasteiger partial charge in [0.2, 0.25) is 11.8 Å². The molecule has 0 aliphatic carbocycles. The maximum absolute atomic E-state index is 12.1. The van der Waals surface area contributed by atoms with Crippen LogP contribution >= 0.6 is 0 Å². The van der Waals surface area contributed by atoms with Gasteiger partial charge in [-0.25, -0.2) is 0 Å². The quantitative estimate of drug-likeness (QED) is 0.700. The Morgan fingerprint density at radius 1 is 1.17 bits per heavy atom. The Balaban J connectivity index is 1.74. The highest BCUT2D eigenvalue weighted by molar-refractivity contribution is 5.96. The van der Waals surface area contributed by atoms with Crippen molar-refractivity contribution in [3.63, 3.8) is 0 Å². The summed E-state index contributed by atoms with van der Waals surface area (Å²) in [4.78, 5) is 29.8. The molecule has 1 amide bonds. The number of rotatable bonds is 8. The minimum Gasteiger partial charge on any atom is -0.339 e. The Morgan fingerprint density at radius 3 is 2.57 bits per heavy atom. The molecule has 122 valence electrons. The van der Waals surface area contributed by atoms with Gasteiger partial charge in [-0.2, -0.15) is 4.98 Å². The van der Waals surface area contributed by atoms with E-state index >= 15 is 0 Å². The zero-order valence-electron chi connectivity index (χ0n) is 13.5. The molecule has 0 radical (unpaired) electrons. The maximum Gasteiger partial charge on any atom is 0.226 e. The van der Waals surface area contributed by atoms with Crippen LogP contribution in [0.4, 0.5) is 0 Å². The molecule has 0 atom stereocenters. The van der Waals surface area contributed by atoms with Crippen molar-refractivity contribution in [2.24, 2.45) is 0 Å². The van der Waals surface area contributed by atoms with Gasteiger partial charge in [0.25, 0.3) is 0 Å². The second-order valence-corrected chi connectivity index (χ2v) is 5.35. The van der Waals surface area contributed by atoms with Crippen molar-refractivity contribution in [1.82, 2.24) is 15.0 Å². The predicted octanol–water partition coefficient (Wildman–Crippen LogP) is 2.64. The molecule has 0 aliphatic heterocycles. The van der Waals surface area contributed by atoms with Crippen molar-refractivity contribution < 1.29 is 14.1 Å². The third-order valence-corrected chi connectivity index (χ3v) is 3.51. The fourth-order valence-corrected chi connectivity index (χ4v) is 2.16. The number of aromatic nitrogens is 2. The second-order valence-electron chi connectivity index (χ2n) is 5.35. The topological polar surface area (TPSA) is 76.3 Å². The summed E-state index contributed by atoms with van der Waals surface area (Å²) < 4.78 is 5.01. The lowest BCUT2D eigenvalue weighted by molar-refractivity contribution is -0.130.